The molecule has 37 heavy (non-hydrogen) atoms. The van der Waals surface area contributed by atoms with Gasteiger partial charge in [0.15, 0.2) is 0 Å². The molecular formula is C29H22N4O3S. The Kier molecular flexibility index (Phi) is 6.83. The molecule has 3 N–H and O–H groups in total. The highest BCUT2D eigenvalue weighted by molar-refractivity contribution is 7.13. The molecule has 0 aliphatic heterocycles. The van der Waals surface area contributed by atoms with Gasteiger partial charge in [-0.1, -0.05) is 66.7 Å². The Hall–Kier alpha value is -4.69. The zero-order chi connectivity index (χ0) is 25.8. The Morgan fingerprint density at radius 2 is 1.65 bits per heavy atom. The summed E-state index contributed by atoms with van der Waals surface area (Å²) in [6.45, 7) is 0. The van der Waals surface area contributed by atoms with Crippen molar-refractivity contribution in [1.29, 1.82) is 0 Å². The summed E-state index contributed by atoms with van der Waals surface area (Å²) in [5.41, 5.74) is 8.18. The van der Waals surface area contributed by atoms with Crippen molar-refractivity contribution in [2.24, 2.45) is 5.73 Å². The van der Waals surface area contributed by atoms with Gasteiger partial charge in [-0.25, -0.2) is 4.98 Å². The lowest BCUT2D eigenvalue weighted by atomic mass is 10.0. The van der Waals surface area contributed by atoms with Gasteiger partial charge in [-0.3, -0.25) is 19.4 Å². The third-order valence-corrected chi connectivity index (χ3v) is 6.83. The predicted octanol–water partition coefficient (Wildman–Crippen LogP) is 4.42. The number of ketones is 1. The van der Waals surface area contributed by atoms with Crippen molar-refractivity contribution in [3.8, 4) is 22.0 Å². The molecule has 2 heterocycles. The first-order valence-electron chi connectivity index (χ1n) is 11.6. The Labute approximate surface area is 217 Å². The number of thiazole rings is 1. The van der Waals surface area contributed by atoms with Crippen molar-refractivity contribution >= 4 is 39.7 Å². The number of aromatic nitrogens is 2. The van der Waals surface area contributed by atoms with Gasteiger partial charge in [-0.2, -0.15) is 0 Å². The fourth-order valence-corrected chi connectivity index (χ4v) is 4.90. The smallest absolute Gasteiger partial charge is 0.287 e. The molecule has 2 amide bonds. The van der Waals surface area contributed by atoms with Crippen molar-refractivity contribution in [1.82, 2.24) is 15.3 Å². The fourth-order valence-electron chi connectivity index (χ4n) is 4.10. The number of hydrogen-bond acceptors (Lipinski definition) is 6. The number of rotatable bonds is 8. The summed E-state index contributed by atoms with van der Waals surface area (Å²) in [5.74, 6) is -2.51. The quantitative estimate of drug-likeness (QED) is 0.302. The maximum absolute atomic E-state index is 13.3. The first-order valence-corrected chi connectivity index (χ1v) is 12.5. The van der Waals surface area contributed by atoms with E-state index in [0.29, 0.717) is 11.4 Å². The molecule has 0 spiro atoms. The van der Waals surface area contributed by atoms with Crippen molar-refractivity contribution < 1.29 is 14.4 Å². The summed E-state index contributed by atoms with van der Waals surface area (Å²) < 4.78 is 0. The summed E-state index contributed by atoms with van der Waals surface area (Å²) in [7, 11) is 0. The molecule has 0 aliphatic rings. The Bertz CT molecular complexity index is 1610. The molecule has 1 atom stereocenters. The van der Waals surface area contributed by atoms with Crippen LogP contribution in [-0.4, -0.2) is 33.6 Å². The summed E-state index contributed by atoms with van der Waals surface area (Å²) in [6.07, 6.45) is 1.71. The molecule has 0 saturated heterocycles. The number of amides is 2. The molecule has 0 radical (unpaired) electrons. The van der Waals surface area contributed by atoms with Crippen molar-refractivity contribution in [2.45, 2.75) is 12.5 Å². The second-order valence-corrected chi connectivity index (χ2v) is 9.30. The molecule has 0 aliphatic carbocycles. The zero-order valence-electron chi connectivity index (χ0n) is 19.6. The van der Waals surface area contributed by atoms with Gasteiger partial charge in [0.1, 0.15) is 22.4 Å². The SMILES string of the molecule is NC(=O)C(=O)C(Cc1ccccc1)NC(=O)c1cccnc1-c1csc(-c2ccc3ccccc3c2)n1. The van der Waals surface area contributed by atoms with Gasteiger partial charge in [0.05, 0.1) is 5.56 Å². The van der Waals surface area contributed by atoms with Crippen LogP contribution in [0.4, 0.5) is 0 Å². The van der Waals surface area contributed by atoms with Crippen LogP contribution < -0.4 is 11.1 Å². The van der Waals surface area contributed by atoms with Gasteiger partial charge < -0.3 is 11.1 Å². The number of nitrogens with two attached hydrogens (primary N) is 1. The average molecular weight is 507 g/mol. The van der Waals surface area contributed by atoms with Crippen LogP contribution in [-0.2, 0) is 16.0 Å². The largest absolute Gasteiger partial charge is 0.363 e. The lowest BCUT2D eigenvalue weighted by molar-refractivity contribution is -0.137. The van der Waals surface area contributed by atoms with Crippen molar-refractivity contribution in [2.75, 3.05) is 0 Å². The second-order valence-electron chi connectivity index (χ2n) is 8.44. The average Bonchev–Trinajstić information content (AvgIpc) is 3.43. The number of carbonyl (C=O) groups is 3. The van der Waals surface area contributed by atoms with E-state index in [1.54, 1.807) is 18.3 Å². The fraction of sp³-hybridized carbons (Fsp3) is 0.0690. The Balaban J connectivity index is 1.43. The second kappa shape index (κ2) is 10.5. The Morgan fingerprint density at radius 3 is 2.43 bits per heavy atom. The highest BCUT2D eigenvalue weighted by atomic mass is 32.1. The maximum Gasteiger partial charge on any atom is 0.287 e. The highest BCUT2D eigenvalue weighted by Crippen LogP contribution is 2.31. The summed E-state index contributed by atoms with van der Waals surface area (Å²) in [5, 5.41) is 7.57. The first-order chi connectivity index (χ1) is 18.0. The molecule has 0 fully saturated rings. The van der Waals surface area contributed by atoms with Gasteiger partial charge in [0.2, 0.25) is 5.78 Å². The van der Waals surface area contributed by atoms with Gasteiger partial charge in [0.25, 0.3) is 11.8 Å². The van der Waals surface area contributed by atoms with Crippen LogP contribution in [0.5, 0.6) is 0 Å². The van der Waals surface area contributed by atoms with Crippen molar-refractivity contribution in [3.05, 3.63) is 108 Å². The van der Waals surface area contributed by atoms with Gasteiger partial charge >= 0.3 is 0 Å². The molecule has 2 aromatic heterocycles. The number of primary amides is 1. The van der Waals surface area contributed by atoms with Crippen LogP contribution in [0.15, 0.2) is 96.5 Å². The van der Waals surface area contributed by atoms with E-state index < -0.39 is 23.6 Å². The molecule has 8 heteroatoms. The molecule has 5 aromatic rings. The molecule has 0 bridgehead atoms. The van der Waals surface area contributed by atoms with E-state index in [1.165, 1.54) is 11.3 Å². The third kappa shape index (κ3) is 5.29. The first kappa shape index (κ1) is 24.0. The van der Waals surface area contributed by atoms with Crippen LogP contribution in [0.25, 0.3) is 32.7 Å². The third-order valence-electron chi connectivity index (χ3n) is 5.94. The minimum Gasteiger partial charge on any atom is -0.363 e. The predicted molar refractivity (Wildman–Crippen MR) is 144 cm³/mol. The lowest BCUT2D eigenvalue weighted by Crippen LogP contribution is -2.47. The topological polar surface area (TPSA) is 115 Å². The van der Waals surface area contributed by atoms with Crippen LogP contribution >= 0.6 is 11.3 Å². The van der Waals surface area contributed by atoms with Crippen LogP contribution in [0, 0.1) is 0 Å². The molecule has 7 nitrogen and oxygen atoms in total. The molecule has 0 saturated carbocycles. The number of nitrogens with zero attached hydrogens (tertiary/aromatic N) is 2. The van der Waals surface area contributed by atoms with Gasteiger partial charge in [-0.15, -0.1) is 11.3 Å². The van der Waals surface area contributed by atoms with E-state index in [2.05, 4.69) is 22.4 Å². The number of Topliss-reactive ketones (excluding diaryl/α,β-unsaturated/α-hetero) is 1. The monoisotopic (exact) mass is 506 g/mol. The van der Waals surface area contributed by atoms with Crippen molar-refractivity contribution in [3.63, 3.8) is 0 Å². The number of hydrogen-bond donors (Lipinski definition) is 2. The summed E-state index contributed by atoms with van der Waals surface area (Å²) >= 11 is 1.45. The highest BCUT2D eigenvalue weighted by Gasteiger charge is 2.27. The minimum atomic E-state index is -1.11. The number of nitrogens with one attached hydrogen (secondary N) is 1. The van der Waals surface area contributed by atoms with Gasteiger partial charge in [-0.05, 0) is 34.5 Å². The normalized spacial score (nSPS) is 11.7. The number of carbonyl (C=O) groups excluding carboxylic acids is 3. The van der Waals surface area contributed by atoms with Crippen LogP contribution in [0.3, 0.4) is 0 Å². The van der Waals surface area contributed by atoms with E-state index in [-0.39, 0.29) is 12.0 Å². The van der Waals surface area contributed by atoms with Crippen LogP contribution in [0.1, 0.15) is 15.9 Å². The van der Waals surface area contributed by atoms with E-state index in [1.807, 2.05) is 66.0 Å². The van der Waals surface area contributed by atoms with Crippen LogP contribution in [0.2, 0.25) is 0 Å². The van der Waals surface area contributed by atoms with Gasteiger partial charge in [0, 0.05) is 23.6 Å². The van der Waals surface area contributed by atoms with E-state index in [0.717, 1.165) is 26.9 Å². The number of fused-ring (bicyclic) bond motifs is 1. The Morgan fingerprint density at radius 1 is 0.892 bits per heavy atom. The molecule has 1 unspecified atom stereocenters. The molecule has 5 rings (SSSR count). The standard InChI is InChI=1S/C29H22N4O3S/c30-27(35)26(34)23(15-18-7-2-1-3-8-18)32-28(36)22-11-6-14-31-25(22)24-17-37-29(33-24)21-13-12-19-9-4-5-10-20(19)16-21/h1-14,16-17,23H,15H2,(H2,30,35)(H,32,36). The number of benzene rings is 3. The maximum atomic E-state index is 13.3. The number of pyridine rings is 1. The molecule has 3 aromatic carbocycles. The zero-order valence-corrected chi connectivity index (χ0v) is 20.4. The van der Waals surface area contributed by atoms with E-state index >= 15 is 0 Å². The summed E-state index contributed by atoms with van der Waals surface area (Å²) in [6, 6.07) is 25.5. The summed E-state index contributed by atoms with van der Waals surface area (Å²) in [4.78, 5) is 46.6. The minimum absolute atomic E-state index is 0.132. The van der Waals surface area contributed by atoms with E-state index in [9.17, 15) is 14.4 Å². The molecular weight excluding hydrogens is 484 g/mol. The lowest BCUT2D eigenvalue weighted by Gasteiger charge is -2.17. The van der Waals surface area contributed by atoms with E-state index in [4.69, 9.17) is 10.7 Å². The molecule has 182 valence electrons.